The first-order valence-corrected chi connectivity index (χ1v) is 7.08. The maximum Gasteiger partial charge on any atom is 0.110 e. The molecule has 0 amide bonds. The number of nitrogens with zero attached hydrogens (tertiary/aromatic N) is 3. The summed E-state index contributed by atoms with van der Waals surface area (Å²) in [6.07, 6.45) is 0. The summed E-state index contributed by atoms with van der Waals surface area (Å²) in [6.45, 7) is 5.75. The molecule has 0 radical (unpaired) electrons. The Morgan fingerprint density at radius 2 is 2.08 bits per heavy atom. The highest BCUT2D eigenvalue weighted by Gasteiger charge is 2.12. The first-order chi connectivity index (χ1) is 6.33. The van der Waals surface area contributed by atoms with E-state index in [0.717, 1.165) is 25.4 Å². The molecule has 1 aliphatic rings. The topological polar surface area (TPSA) is 35.9 Å². The van der Waals surface area contributed by atoms with Crippen LogP contribution in [0.15, 0.2) is 4.95 Å². The van der Waals surface area contributed by atoms with Crippen LogP contribution in [0.5, 0.6) is 0 Å². The fraction of sp³-hybridized carbons (Fsp3) is 1.00. The van der Waals surface area contributed by atoms with Crippen molar-refractivity contribution in [2.24, 2.45) is 4.95 Å². The molecule has 0 aromatic carbocycles. The van der Waals surface area contributed by atoms with Crippen LogP contribution in [0.1, 0.15) is 0 Å². The van der Waals surface area contributed by atoms with Crippen LogP contribution in [-0.2, 0) is 0 Å². The molecular formula is C7H16N3OPS. The molecule has 1 fully saturated rings. The molecule has 1 atom stereocenters. The molecule has 1 aliphatic heterocycles. The van der Waals surface area contributed by atoms with Gasteiger partial charge < -0.3 is 4.90 Å². The fourth-order valence-corrected chi connectivity index (χ4v) is 2.52. The van der Waals surface area contributed by atoms with E-state index in [1.807, 2.05) is 0 Å². The molecule has 1 unspecified atom stereocenters. The summed E-state index contributed by atoms with van der Waals surface area (Å²) in [6, 6.07) is 0. The smallest absolute Gasteiger partial charge is 0.110 e. The van der Waals surface area contributed by atoms with E-state index in [2.05, 4.69) is 21.8 Å². The number of nitroso groups, excluding NO2 is 1. The molecule has 1 saturated heterocycles. The van der Waals surface area contributed by atoms with Crippen LogP contribution >= 0.6 is 19.3 Å². The molecule has 0 aliphatic carbocycles. The predicted molar refractivity (Wildman–Crippen MR) is 60.5 cm³/mol. The molecule has 0 N–H and O–H groups in total. The van der Waals surface area contributed by atoms with Gasteiger partial charge in [0, 0.05) is 38.5 Å². The molecule has 1 heterocycles. The summed E-state index contributed by atoms with van der Waals surface area (Å²) < 4.78 is 0. The van der Waals surface area contributed by atoms with Gasteiger partial charge in [-0.2, -0.15) is 0 Å². The van der Waals surface area contributed by atoms with Gasteiger partial charge in [0.05, 0.1) is 0 Å². The first-order valence-electron chi connectivity index (χ1n) is 4.43. The lowest BCUT2D eigenvalue weighted by Crippen LogP contribution is -2.45. The highest BCUT2D eigenvalue weighted by Crippen LogP contribution is 2.29. The van der Waals surface area contributed by atoms with Crippen molar-refractivity contribution in [2.75, 3.05) is 45.5 Å². The van der Waals surface area contributed by atoms with Crippen LogP contribution < -0.4 is 0 Å². The van der Waals surface area contributed by atoms with Crippen molar-refractivity contribution in [3.8, 4) is 0 Å². The van der Waals surface area contributed by atoms with Crippen molar-refractivity contribution < 1.29 is 0 Å². The number of hydrogen-bond donors (Lipinski definition) is 0. The van der Waals surface area contributed by atoms with Gasteiger partial charge in [-0.1, -0.05) is 0 Å². The normalized spacial score (nSPS) is 21.3. The summed E-state index contributed by atoms with van der Waals surface area (Å²) >= 11 is 1.64. The van der Waals surface area contributed by atoms with Gasteiger partial charge in [-0.25, -0.2) is 0 Å². The molecule has 0 aromatic heterocycles. The Bertz CT molecular complexity index is 153. The predicted octanol–water partition coefficient (Wildman–Crippen LogP) is 1.24. The van der Waals surface area contributed by atoms with Crippen molar-refractivity contribution in [3.63, 3.8) is 0 Å². The molecule has 76 valence electrons. The zero-order valence-corrected chi connectivity index (χ0v) is 9.72. The van der Waals surface area contributed by atoms with E-state index in [9.17, 15) is 4.91 Å². The zero-order valence-electron chi connectivity index (χ0n) is 7.90. The molecule has 4 nitrogen and oxygen atoms in total. The Labute approximate surface area is 85.0 Å². The third-order valence-corrected chi connectivity index (χ3v) is 4.02. The highest BCUT2D eigenvalue weighted by atomic mass is 32.7. The minimum absolute atomic E-state index is 0.180. The molecule has 0 aromatic rings. The Hall–Kier alpha value is 0.300. The van der Waals surface area contributed by atoms with E-state index in [0.29, 0.717) is 0 Å². The van der Waals surface area contributed by atoms with Gasteiger partial charge in [-0.15, -0.1) is 16.3 Å². The van der Waals surface area contributed by atoms with Gasteiger partial charge in [-0.05, 0) is 12.0 Å². The zero-order chi connectivity index (χ0) is 9.52. The lowest BCUT2D eigenvalue weighted by atomic mass is 10.3. The molecule has 0 spiro atoms. The molecule has 0 bridgehead atoms. The Morgan fingerprint density at radius 3 is 2.69 bits per heavy atom. The van der Waals surface area contributed by atoms with Gasteiger partial charge >= 0.3 is 0 Å². The Balaban J connectivity index is 1.99. The quantitative estimate of drug-likeness (QED) is 0.397. The molecule has 6 heteroatoms. The average Bonchev–Trinajstić information content (AvgIpc) is 2.15. The minimum Gasteiger partial charge on any atom is -0.304 e. The summed E-state index contributed by atoms with van der Waals surface area (Å²) in [7, 11) is 2.34. The molecule has 1 rings (SSSR count). The van der Waals surface area contributed by atoms with E-state index in [1.54, 1.807) is 11.4 Å². The maximum absolute atomic E-state index is 9.82. The van der Waals surface area contributed by atoms with Crippen LogP contribution in [0.2, 0.25) is 0 Å². The van der Waals surface area contributed by atoms with Crippen molar-refractivity contribution in [3.05, 3.63) is 4.91 Å². The summed E-state index contributed by atoms with van der Waals surface area (Å²) in [5.74, 6) is 1.04. The number of rotatable bonds is 5. The van der Waals surface area contributed by atoms with Crippen molar-refractivity contribution in [2.45, 2.75) is 0 Å². The van der Waals surface area contributed by atoms with Gasteiger partial charge in [-0.3, -0.25) is 4.90 Å². The number of likely N-dealkylation sites (N-methyl/N-ethyl adjacent to an activating group) is 1. The SMILES string of the molecule is CN1CCN(CCSPN=O)CC1. The van der Waals surface area contributed by atoms with E-state index < -0.39 is 0 Å². The number of hydrogen-bond acceptors (Lipinski definition) is 5. The summed E-state index contributed by atoms with van der Waals surface area (Å²) in [5.41, 5.74) is 0. The van der Waals surface area contributed by atoms with Crippen molar-refractivity contribution in [1.29, 1.82) is 0 Å². The van der Waals surface area contributed by atoms with E-state index in [-0.39, 0.29) is 7.93 Å². The highest BCUT2D eigenvalue weighted by molar-refractivity contribution is 8.49. The maximum atomic E-state index is 9.82. The van der Waals surface area contributed by atoms with Gasteiger partial charge in [0.15, 0.2) is 0 Å². The van der Waals surface area contributed by atoms with Crippen LogP contribution in [0.25, 0.3) is 0 Å². The Morgan fingerprint density at radius 1 is 1.38 bits per heavy atom. The van der Waals surface area contributed by atoms with Crippen LogP contribution in [0.4, 0.5) is 0 Å². The van der Waals surface area contributed by atoms with E-state index in [4.69, 9.17) is 0 Å². The van der Waals surface area contributed by atoms with Gasteiger partial charge in [0.1, 0.15) is 7.93 Å². The van der Waals surface area contributed by atoms with Crippen LogP contribution in [0, 0.1) is 4.91 Å². The second-order valence-electron chi connectivity index (χ2n) is 3.18. The van der Waals surface area contributed by atoms with Crippen LogP contribution in [-0.4, -0.2) is 55.3 Å². The third-order valence-electron chi connectivity index (χ3n) is 2.21. The standard InChI is InChI=1S/C7H16N3OPS/c1-9-2-4-10(5-3-9)6-7-13-12-8-11/h12H,2-7H2,1H3. The lowest BCUT2D eigenvalue weighted by molar-refractivity contribution is 0.161. The largest absolute Gasteiger partial charge is 0.304 e. The third kappa shape index (κ3) is 4.91. The average molecular weight is 221 g/mol. The van der Waals surface area contributed by atoms with Gasteiger partial charge in [0.25, 0.3) is 0 Å². The molecular weight excluding hydrogens is 205 g/mol. The van der Waals surface area contributed by atoms with Crippen LogP contribution in [0.3, 0.4) is 0 Å². The van der Waals surface area contributed by atoms with E-state index in [1.165, 1.54) is 13.1 Å². The van der Waals surface area contributed by atoms with Crippen molar-refractivity contribution >= 4 is 19.3 Å². The first kappa shape index (κ1) is 11.4. The second kappa shape index (κ2) is 6.71. The minimum atomic E-state index is 0.180. The van der Waals surface area contributed by atoms with Gasteiger partial charge in [0.2, 0.25) is 0 Å². The van der Waals surface area contributed by atoms with Crippen molar-refractivity contribution in [1.82, 2.24) is 9.80 Å². The molecule has 13 heavy (non-hydrogen) atoms. The Kier molecular flexibility index (Phi) is 5.87. The lowest BCUT2D eigenvalue weighted by Gasteiger charge is -2.32. The fourth-order valence-electron chi connectivity index (χ4n) is 1.32. The summed E-state index contributed by atoms with van der Waals surface area (Å²) in [5, 5.41) is 0. The second-order valence-corrected chi connectivity index (χ2v) is 5.65. The monoisotopic (exact) mass is 221 g/mol. The summed E-state index contributed by atoms with van der Waals surface area (Å²) in [4.78, 5) is 17.5. The van der Waals surface area contributed by atoms with E-state index >= 15 is 0 Å². The molecule has 0 saturated carbocycles. The number of piperazine rings is 1.